The molecule has 2 N–H and O–H groups in total. The first-order valence-corrected chi connectivity index (χ1v) is 7.26. The summed E-state index contributed by atoms with van der Waals surface area (Å²) in [5.41, 5.74) is 2.17. The number of amides is 2. The summed E-state index contributed by atoms with van der Waals surface area (Å²) in [4.78, 5) is 22.8. The molecule has 0 fully saturated rings. The molecule has 1 aromatic carbocycles. The number of rotatable bonds is 8. The van der Waals surface area contributed by atoms with Gasteiger partial charge >= 0.3 is 0 Å². The zero-order valence-electron chi connectivity index (χ0n) is 13.0. The second-order valence-electron chi connectivity index (χ2n) is 5.01. The minimum absolute atomic E-state index is 0.0123. The highest BCUT2D eigenvalue weighted by Gasteiger charge is 2.05. The van der Waals surface area contributed by atoms with Gasteiger partial charge < -0.3 is 15.4 Å². The maximum Gasteiger partial charge on any atom is 0.258 e. The lowest BCUT2D eigenvalue weighted by atomic mass is 10.1. The first-order chi connectivity index (χ1) is 10.0. The van der Waals surface area contributed by atoms with Crippen LogP contribution in [0.15, 0.2) is 18.2 Å². The van der Waals surface area contributed by atoms with E-state index in [9.17, 15) is 9.59 Å². The Kier molecular flexibility index (Phi) is 7.29. The predicted octanol–water partition coefficient (Wildman–Crippen LogP) is 1.71. The predicted molar refractivity (Wildman–Crippen MR) is 82.3 cm³/mol. The van der Waals surface area contributed by atoms with E-state index in [1.807, 2.05) is 39.0 Å². The summed E-state index contributed by atoms with van der Waals surface area (Å²) < 4.78 is 5.47. The summed E-state index contributed by atoms with van der Waals surface area (Å²) in [6.45, 7) is 6.73. The first kappa shape index (κ1) is 17.0. The second kappa shape index (κ2) is 9.00. The van der Waals surface area contributed by atoms with Gasteiger partial charge in [0.1, 0.15) is 5.75 Å². The van der Waals surface area contributed by atoms with E-state index in [0.717, 1.165) is 17.5 Å². The van der Waals surface area contributed by atoms with Gasteiger partial charge in [0, 0.05) is 19.5 Å². The Morgan fingerprint density at radius 2 is 1.76 bits per heavy atom. The number of nitrogens with one attached hydrogen (secondary N) is 2. The Hall–Kier alpha value is -2.04. The molecule has 5 nitrogen and oxygen atoms in total. The summed E-state index contributed by atoms with van der Waals surface area (Å²) in [6, 6.07) is 5.82. The molecule has 0 aromatic heterocycles. The zero-order valence-corrected chi connectivity index (χ0v) is 13.0. The van der Waals surface area contributed by atoms with Crippen LogP contribution in [0.2, 0.25) is 0 Å². The summed E-state index contributed by atoms with van der Waals surface area (Å²) in [6.07, 6.45) is 1.34. The van der Waals surface area contributed by atoms with Gasteiger partial charge in [-0.25, -0.2) is 0 Å². The summed E-state index contributed by atoms with van der Waals surface area (Å²) in [5, 5.41) is 5.44. The Balaban J connectivity index is 2.21. The topological polar surface area (TPSA) is 67.4 Å². The number of aryl methyl sites for hydroxylation is 2. The van der Waals surface area contributed by atoms with Gasteiger partial charge in [-0.2, -0.15) is 0 Å². The minimum Gasteiger partial charge on any atom is -0.484 e. The lowest BCUT2D eigenvalue weighted by Crippen LogP contribution is -2.36. The molecule has 0 radical (unpaired) electrons. The van der Waals surface area contributed by atoms with Gasteiger partial charge in [-0.1, -0.05) is 24.6 Å². The maximum atomic E-state index is 11.6. The average Bonchev–Trinajstić information content (AvgIpc) is 2.43. The van der Waals surface area contributed by atoms with E-state index in [-0.39, 0.29) is 18.4 Å². The lowest BCUT2D eigenvalue weighted by Gasteiger charge is -2.10. The molecule has 2 amide bonds. The fourth-order valence-corrected chi connectivity index (χ4v) is 1.87. The summed E-state index contributed by atoms with van der Waals surface area (Å²) >= 11 is 0. The third-order valence-electron chi connectivity index (χ3n) is 2.94. The molecule has 0 unspecified atom stereocenters. The van der Waals surface area contributed by atoms with Crippen molar-refractivity contribution in [3.8, 4) is 5.75 Å². The van der Waals surface area contributed by atoms with E-state index < -0.39 is 0 Å². The maximum absolute atomic E-state index is 11.6. The van der Waals surface area contributed by atoms with Crippen LogP contribution in [0.5, 0.6) is 5.75 Å². The SMILES string of the molecule is CCCC(=O)NCCNC(=O)COc1ccc(C)cc1C. The van der Waals surface area contributed by atoms with Crippen molar-refractivity contribution in [1.29, 1.82) is 0 Å². The lowest BCUT2D eigenvalue weighted by molar-refractivity contribution is -0.124. The average molecular weight is 292 g/mol. The van der Waals surface area contributed by atoms with Crippen molar-refractivity contribution < 1.29 is 14.3 Å². The fourth-order valence-electron chi connectivity index (χ4n) is 1.87. The van der Waals surface area contributed by atoms with Crippen molar-refractivity contribution in [3.63, 3.8) is 0 Å². The third kappa shape index (κ3) is 6.79. The molecule has 0 aliphatic rings. The largest absolute Gasteiger partial charge is 0.484 e. The molecular weight excluding hydrogens is 268 g/mol. The first-order valence-electron chi connectivity index (χ1n) is 7.26. The quantitative estimate of drug-likeness (QED) is 0.717. The fraction of sp³-hybridized carbons (Fsp3) is 0.500. The van der Waals surface area contributed by atoms with Crippen LogP contribution in [-0.4, -0.2) is 31.5 Å². The van der Waals surface area contributed by atoms with Crippen LogP contribution in [0.25, 0.3) is 0 Å². The van der Waals surface area contributed by atoms with Crippen LogP contribution in [0.4, 0.5) is 0 Å². The van der Waals surface area contributed by atoms with Gasteiger partial charge in [-0.05, 0) is 31.9 Å². The van der Waals surface area contributed by atoms with Crippen LogP contribution in [0, 0.1) is 13.8 Å². The Labute approximate surface area is 126 Å². The summed E-state index contributed by atoms with van der Waals surface area (Å²) in [7, 11) is 0. The molecule has 5 heteroatoms. The molecule has 0 heterocycles. The van der Waals surface area contributed by atoms with Crippen LogP contribution in [-0.2, 0) is 9.59 Å². The molecule has 0 aliphatic heterocycles. The molecule has 0 spiro atoms. The smallest absolute Gasteiger partial charge is 0.258 e. The van der Waals surface area contributed by atoms with E-state index in [0.29, 0.717) is 25.3 Å². The zero-order chi connectivity index (χ0) is 15.7. The molecule has 0 bridgehead atoms. The molecular formula is C16H24N2O3. The van der Waals surface area contributed by atoms with Gasteiger partial charge in [0.05, 0.1) is 0 Å². The summed E-state index contributed by atoms with van der Waals surface area (Å²) in [5.74, 6) is 0.532. The Morgan fingerprint density at radius 1 is 1.10 bits per heavy atom. The van der Waals surface area contributed by atoms with Crippen LogP contribution in [0.1, 0.15) is 30.9 Å². The number of ether oxygens (including phenoxy) is 1. The van der Waals surface area contributed by atoms with Crippen molar-refractivity contribution in [2.45, 2.75) is 33.6 Å². The molecule has 0 aliphatic carbocycles. The molecule has 21 heavy (non-hydrogen) atoms. The van der Waals surface area contributed by atoms with E-state index in [4.69, 9.17) is 4.74 Å². The van der Waals surface area contributed by atoms with Gasteiger partial charge in [0.25, 0.3) is 5.91 Å². The number of benzene rings is 1. The second-order valence-corrected chi connectivity index (χ2v) is 5.01. The van der Waals surface area contributed by atoms with Gasteiger partial charge in [0.2, 0.25) is 5.91 Å². The van der Waals surface area contributed by atoms with Gasteiger partial charge in [-0.3, -0.25) is 9.59 Å². The molecule has 0 saturated carbocycles. The van der Waals surface area contributed by atoms with Gasteiger partial charge in [0.15, 0.2) is 6.61 Å². The highest BCUT2D eigenvalue weighted by Crippen LogP contribution is 2.18. The Bertz CT molecular complexity index is 486. The molecule has 0 atom stereocenters. The molecule has 1 aromatic rings. The highest BCUT2D eigenvalue weighted by molar-refractivity contribution is 5.78. The van der Waals surface area contributed by atoms with E-state index in [2.05, 4.69) is 10.6 Å². The highest BCUT2D eigenvalue weighted by atomic mass is 16.5. The van der Waals surface area contributed by atoms with Crippen LogP contribution in [0.3, 0.4) is 0 Å². The molecule has 0 saturated heterocycles. The van der Waals surface area contributed by atoms with E-state index in [1.54, 1.807) is 0 Å². The number of hydrogen-bond acceptors (Lipinski definition) is 3. The van der Waals surface area contributed by atoms with Crippen molar-refractivity contribution in [2.24, 2.45) is 0 Å². The number of hydrogen-bond donors (Lipinski definition) is 2. The molecule has 116 valence electrons. The monoisotopic (exact) mass is 292 g/mol. The van der Waals surface area contributed by atoms with Crippen LogP contribution >= 0.6 is 0 Å². The normalized spacial score (nSPS) is 10.0. The number of carbonyl (C=O) groups is 2. The van der Waals surface area contributed by atoms with Crippen molar-refractivity contribution in [1.82, 2.24) is 10.6 Å². The minimum atomic E-state index is -0.195. The van der Waals surface area contributed by atoms with Crippen molar-refractivity contribution in [2.75, 3.05) is 19.7 Å². The van der Waals surface area contributed by atoms with E-state index in [1.165, 1.54) is 0 Å². The van der Waals surface area contributed by atoms with Crippen LogP contribution < -0.4 is 15.4 Å². The van der Waals surface area contributed by atoms with E-state index >= 15 is 0 Å². The molecule has 1 rings (SSSR count). The number of carbonyl (C=O) groups excluding carboxylic acids is 2. The Morgan fingerprint density at radius 3 is 2.38 bits per heavy atom. The van der Waals surface area contributed by atoms with Crippen molar-refractivity contribution in [3.05, 3.63) is 29.3 Å². The van der Waals surface area contributed by atoms with Gasteiger partial charge in [-0.15, -0.1) is 0 Å². The van der Waals surface area contributed by atoms with Crippen molar-refractivity contribution >= 4 is 11.8 Å². The standard InChI is InChI=1S/C16H24N2O3/c1-4-5-15(19)17-8-9-18-16(20)11-21-14-7-6-12(2)10-13(14)3/h6-7,10H,4-5,8-9,11H2,1-3H3,(H,17,19)(H,18,20). The third-order valence-corrected chi connectivity index (χ3v) is 2.94.